The van der Waals surface area contributed by atoms with Crippen LogP contribution in [0, 0.1) is 6.92 Å². The molecule has 3 heterocycles. The molecule has 0 amide bonds. The van der Waals surface area contributed by atoms with E-state index < -0.39 is 12.3 Å². The fourth-order valence-electron chi connectivity index (χ4n) is 2.00. The molecule has 136 valence electrons. The summed E-state index contributed by atoms with van der Waals surface area (Å²) in [7, 11) is 1.37. The van der Waals surface area contributed by atoms with Gasteiger partial charge in [0.15, 0.2) is 12.4 Å². The van der Waals surface area contributed by atoms with Gasteiger partial charge in [-0.1, -0.05) is 14.4 Å². The van der Waals surface area contributed by atoms with Gasteiger partial charge in [-0.2, -0.15) is 13.9 Å². The molecule has 26 heavy (non-hydrogen) atoms. The van der Waals surface area contributed by atoms with Crippen molar-refractivity contribution in [3.8, 4) is 17.3 Å². The Morgan fingerprint density at radius 2 is 2.00 bits per heavy atom. The zero-order chi connectivity index (χ0) is 18.7. The minimum absolute atomic E-state index is 0.129. The molecule has 0 saturated heterocycles. The second kappa shape index (κ2) is 7.25. The van der Waals surface area contributed by atoms with E-state index in [4.69, 9.17) is 9.26 Å². The van der Waals surface area contributed by atoms with Crippen LogP contribution in [0.2, 0.25) is 0 Å². The molecular formula is C15H14F2N5O3P. The summed E-state index contributed by atoms with van der Waals surface area (Å²) in [4.78, 5) is 19.7. The molecule has 0 radical (unpaired) electrons. The van der Waals surface area contributed by atoms with Crippen molar-refractivity contribution in [1.29, 1.82) is 0 Å². The first-order valence-electron chi connectivity index (χ1n) is 7.42. The third-order valence-electron chi connectivity index (χ3n) is 3.33. The third-order valence-corrected chi connectivity index (χ3v) is 3.49. The van der Waals surface area contributed by atoms with Crippen LogP contribution in [0.1, 0.15) is 11.3 Å². The monoisotopic (exact) mass is 381 g/mol. The van der Waals surface area contributed by atoms with Crippen molar-refractivity contribution in [2.75, 3.05) is 6.61 Å². The average Bonchev–Trinajstić information content (AvgIpc) is 3.00. The predicted octanol–water partition coefficient (Wildman–Crippen LogP) is 1.89. The van der Waals surface area contributed by atoms with Crippen LogP contribution in [0.3, 0.4) is 0 Å². The van der Waals surface area contributed by atoms with Crippen LogP contribution >= 0.6 is 9.24 Å². The van der Waals surface area contributed by atoms with Crippen molar-refractivity contribution in [2.45, 2.75) is 19.1 Å². The SMILES string of the molecule is Cc1cnoc1Cn1nc(-c2cnc(OCC(F)(F)P)nc2)ccc1=O. The molecule has 1 unspecified atom stereocenters. The molecule has 0 aliphatic heterocycles. The van der Waals surface area contributed by atoms with E-state index in [1.54, 1.807) is 6.20 Å². The molecular weight excluding hydrogens is 367 g/mol. The minimum Gasteiger partial charge on any atom is -0.457 e. The Balaban J connectivity index is 1.80. The Morgan fingerprint density at radius 1 is 1.27 bits per heavy atom. The highest BCUT2D eigenvalue weighted by Crippen LogP contribution is 2.22. The molecule has 0 spiro atoms. The summed E-state index contributed by atoms with van der Waals surface area (Å²) in [6, 6.07) is 2.69. The minimum atomic E-state index is -3.06. The Labute approximate surface area is 148 Å². The quantitative estimate of drug-likeness (QED) is 0.602. The fraction of sp³-hybridized carbons (Fsp3) is 0.267. The zero-order valence-corrected chi connectivity index (χ0v) is 14.7. The number of ether oxygens (including phenoxy) is 1. The van der Waals surface area contributed by atoms with E-state index in [1.165, 1.54) is 38.4 Å². The van der Waals surface area contributed by atoms with E-state index in [0.717, 1.165) is 5.56 Å². The Bertz CT molecular complexity index is 953. The number of hydrogen-bond donors (Lipinski definition) is 0. The summed E-state index contributed by atoms with van der Waals surface area (Å²) in [5, 5.41) is 7.91. The second-order valence-electron chi connectivity index (χ2n) is 5.45. The summed E-state index contributed by atoms with van der Waals surface area (Å²) in [6.07, 6.45) is 4.30. The van der Waals surface area contributed by atoms with Gasteiger partial charge in [0, 0.05) is 29.6 Å². The van der Waals surface area contributed by atoms with E-state index in [2.05, 4.69) is 20.2 Å². The Hall–Kier alpha value is -2.74. The van der Waals surface area contributed by atoms with Crippen molar-refractivity contribution >= 4 is 9.24 Å². The lowest BCUT2D eigenvalue weighted by Gasteiger charge is -2.10. The van der Waals surface area contributed by atoms with Crippen molar-refractivity contribution in [2.24, 2.45) is 0 Å². The van der Waals surface area contributed by atoms with Gasteiger partial charge in [0.25, 0.3) is 11.2 Å². The molecule has 0 N–H and O–H groups in total. The number of aromatic nitrogens is 5. The standard InChI is InChI=1S/C15H14F2N5O3P/c1-9-4-20-25-12(9)7-22-13(23)3-2-11(21-22)10-5-18-14(19-6-10)24-8-15(16,17)26/h2-6H,7-8,26H2,1H3. The first-order chi connectivity index (χ1) is 12.3. The van der Waals surface area contributed by atoms with Gasteiger partial charge in [-0.15, -0.1) is 0 Å². The highest BCUT2D eigenvalue weighted by atomic mass is 31.0. The number of hydrogen-bond acceptors (Lipinski definition) is 7. The molecule has 8 nitrogen and oxygen atoms in total. The van der Waals surface area contributed by atoms with E-state index in [0.29, 0.717) is 17.0 Å². The fourth-order valence-corrected chi connectivity index (χ4v) is 2.09. The smallest absolute Gasteiger partial charge is 0.316 e. The van der Waals surface area contributed by atoms with E-state index in [1.807, 2.05) is 6.92 Å². The average molecular weight is 381 g/mol. The lowest BCUT2D eigenvalue weighted by Crippen LogP contribution is -2.23. The maximum atomic E-state index is 12.7. The highest BCUT2D eigenvalue weighted by Gasteiger charge is 2.22. The van der Waals surface area contributed by atoms with Gasteiger partial charge in [0.05, 0.1) is 11.9 Å². The van der Waals surface area contributed by atoms with Gasteiger partial charge >= 0.3 is 6.01 Å². The van der Waals surface area contributed by atoms with Crippen LogP contribution in [0.15, 0.2) is 40.0 Å². The summed E-state index contributed by atoms with van der Waals surface area (Å²) >= 11 is 0. The van der Waals surface area contributed by atoms with Gasteiger partial charge in [-0.3, -0.25) is 4.79 Å². The van der Waals surface area contributed by atoms with Gasteiger partial charge < -0.3 is 9.26 Å². The maximum Gasteiger partial charge on any atom is 0.316 e. The molecule has 1 atom stereocenters. The first-order valence-corrected chi connectivity index (χ1v) is 8.00. The molecule has 0 saturated carbocycles. The third kappa shape index (κ3) is 4.45. The lowest BCUT2D eigenvalue weighted by atomic mass is 10.2. The summed E-state index contributed by atoms with van der Waals surface area (Å²) in [5.74, 6) is 0.523. The van der Waals surface area contributed by atoms with Gasteiger partial charge in [0.1, 0.15) is 6.54 Å². The van der Waals surface area contributed by atoms with Gasteiger partial charge in [0.2, 0.25) is 0 Å². The number of aryl methyl sites for hydroxylation is 1. The normalized spacial score (nSPS) is 11.5. The number of alkyl halides is 2. The van der Waals surface area contributed by atoms with Crippen molar-refractivity contribution < 1.29 is 18.0 Å². The molecule has 0 bridgehead atoms. The molecule has 0 fully saturated rings. The summed E-state index contributed by atoms with van der Waals surface area (Å²) in [5.41, 5.74) is -1.63. The number of nitrogens with zero attached hydrogens (tertiary/aromatic N) is 5. The molecule has 3 aromatic rings. The van der Waals surface area contributed by atoms with Crippen LogP contribution in [-0.4, -0.2) is 37.2 Å². The van der Waals surface area contributed by atoms with Crippen LogP contribution in [0.5, 0.6) is 6.01 Å². The van der Waals surface area contributed by atoms with Crippen LogP contribution in [0.25, 0.3) is 11.3 Å². The summed E-state index contributed by atoms with van der Waals surface area (Å²) in [6.45, 7) is 1.09. The van der Waals surface area contributed by atoms with E-state index >= 15 is 0 Å². The van der Waals surface area contributed by atoms with Crippen LogP contribution < -0.4 is 10.3 Å². The van der Waals surface area contributed by atoms with E-state index in [-0.39, 0.29) is 18.1 Å². The van der Waals surface area contributed by atoms with Crippen molar-refractivity contribution in [1.82, 2.24) is 24.9 Å². The topological polar surface area (TPSA) is 95.9 Å². The van der Waals surface area contributed by atoms with Crippen molar-refractivity contribution in [3.63, 3.8) is 0 Å². The maximum absolute atomic E-state index is 12.7. The molecule has 3 aromatic heterocycles. The molecule has 3 rings (SSSR count). The molecule has 0 aromatic carbocycles. The van der Waals surface area contributed by atoms with Crippen LogP contribution in [0.4, 0.5) is 8.78 Å². The van der Waals surface area contributed by atoms with Crippen molar-refractivity contribution in [3.05, 3.63) is 52.4 Å². The Kier molecular flexibility index (Phi) is 5.03. The van der Waals surface area contributed by atoms with Crippen LogP contribution in [-0.2, 0) is 6.54 Å². The largest absolute Gasteiger partial charge is 0.457 e. The first kappa shape index (κ1) is 18.1. The van der Waals surface area contributed by atoms with Gasteiger partial charge in [-0.05, 0) is 13.0 Å². The highest BCUT2D eigenvalue weighted by molar-refractivity contribution is 7.18. The number of rotatable bonds is 6. The van der Waals surface area contributed by atoms with Gasteiger partial charge in [-0.25, -0.2) is 14.6 Å². The molecule has 11 heteroatoms. The molecule has 0 aliphatic carbocycles. The lowest BCUT2D eigenvalue weighted by molar-refractivity contribution is 0.0422. The predicted molar refractivity (Wildman–Crippen MR) is 90.0 cm³/mol. The Morgan fingerprint density at radius 3 is 2.62 bits per heavy atom. The summed E-state index contributed by atoms with van der Waals surface area (Å²) < 4.78 is 36.6. The molecule has 0 aliphatic rings. The number of halogens is 2. The second-order valence-corrected chi connectivity index (χ2v) is 6.30. The van der Waals surface area contributed by atoms with E-state index in [9.17, 15) is 13.6 Å². The zero-order valence-electron chi connectivity index (χ0n) is 13.6.